The Morgan fingerprint density at radius 2 is 2.04 bits per heavy atom. The van der Waals surface area contributed by atoms with Crippen LogP contribution in [0.1, 0.15) is 40.8 Å². The van der Waals surface area contributed by atoms with Crippen LogP contribution in [0.4, 0.5) is 0 Å². The summed E-state index contributed by atoms with van der Waals surface area (Å²) in [5.74, 6) is 1.04. The van der Waals surface area contributed by atoms with Gasteiger partial charge in [-0.3, -0.25) is 9.78 Å². The van der Waals surface area contributed by atoms with Crippen molar-refractivity contribution in [1.29, 1.82) is 0 Å². The molecule has 1 N–H and O–H groups in total. The van der Waals surface area contributed by atoms with E-state index in [0.717, 1.165) is 29.4 Å². The molecule has 2 aromatic heterocycles. The first-order chi connectivity index (χ1) is 11.7. The molecule has 5 nitrogen and oxygen atoms in total. The zero-order chi connectivity index (χ0) is 16.5. The van der Waals surface area contributed by atoms with Crippen LogP contribution in [0.15, 0.2) is 48.8 Å². The van der Waals surface area contributed by atoms with Crippen molar-refractivity contribution in [2.75, 3.05) is 0 Å². The number of fused-ring (bicyclic) bond motifs is 1. The summed E-state index contributed by atoms with van der Waals surface area (Å²) in [5.41, 5.74) is 2.43. The monoisotopic (exact) mass is 318 g/mol. The third kappa shape index (κ3) is 2.97. The van der Waals surface area contributed by atoms with Crippen molar-refractivity contribution in [3.05, 3.63) is 65.9 Å². The molecule has 0 spiro atoms. The Morgan fingerprint density at radius 3 is 2.83 bits per heavy atom. The van der Waals surface area contributed by atoms with Crippen LogP contribution in [0.25, 0.3) is 10.9 Å². The van der Waals surface area contributed by atoms with Crippen LogP contribution < -0.4 is 5.32 Å². The van der Waals surface area contributed by atoms with E-state index < -0.39 is 0 Å². The zero-order valence-electron chi connectivity index (χ0n) is 13.4. The van der Waals surface area contributed by atoms with E-state index in [2.05, 4.69) is 20.3 Å². The van der Waals surface area contributed by atoms with Gasteiger partial charge in [-0.1, -0.05) is 6.07 Å². The summed E-state index contributed by atoms with van der Waals surface area (Å²) in [6.45, 7) is 1.94. The molecule has 120 valence electrons. The Morgan fingerprint density at radius 1 is 1.17 bits per heavy atom. The summed E-state index contributed by atoms with van der Waals surface area (Å²) in [4.78, 5) is 25.8. The van der Waals surface area contributed by atoms with E-state index in [-0.39, 0.29) is 11.9 Å². The van der Waals surface area contributed by atoms with Crippen molar-refractivity contribution >= 4 is 16.8 Å². The van der Waals surface area contributed by atoms with Gasteiger partial charge >= 0.3 is 0 Å². The second kappa shape index (κ2) is 6.00. The Labute approximate surface area is 140 Å². The van der Waals surface area contributed by atoms with Crippen molar-refractivity contribution in [2.45, 2.75) is 25.8 Å². The predicted molar refractivity (Wildman–Crippen MR) is 91.4 cm³/mol. The molecular formula is C19H18N4O. The minimum atomic E-state index is -0.123. The zero-order valence-corrected chi connectivity index (χ0v) is 13.4. The first kappa shape index (κ1) is 14.8. The third-order valence-corrected chi connectivity index (χ3v) is 4.34. The minimum absolute atomic E-state index is 0.0947. The molecule has 1 fully saturated rings. The maximum absolute atomic E-state index is 12.7. The fourth-order valence-electron chi connectivity index (χ4n) is 2.88. The van der Waals surface area contributed by atoms with Gasteiger partial charge in [-0.05, 0) is 56.0 Å². The number of pyridine rings is 1. The van der Waals surface area contributed by atoms with Gasteiger partial charge in [0.1, 0.15) is 0 Å². The molecule has 1 amide bonds. The highest BCUT2D eigenvalue weighted by Crippen LogP contribution is 2.40. The van der Waals surface area contributed by atoms with E-state index in [0.29, 0.717) is 17.3 Å². The van der Waals surface area contributed by atoms with Gasteiger partial charge in [0, 0.05) is 29.0 Å². The van der Waals surface area contributed by atoms with Gasteiger partial charge in [0.05, 0.1) is 11.6 Å². The average Bonchev–Trinajstić information content (AvgIpc) is 3.44. The molecule has 5 heteroatoms. The molecule has 0 bridgehead atoms. The molecular weight excluding hydrogens is 300 g/mol. The Kier molecular flexibility index (Phi) is 3.69. The molecule has 0 aliphatic heterocycles. The normalized spacial score (nSPS) is 15.2. The van der Waals surface area contributed by atoms with Crippen LogP contribution in [-0.2, 0) is 0 Å². The average molecular weight is 318 g/mol. The van der Waals surface area contributed by atoms with Crippen LogP contribution in [-0.4, -0.2) is 20.9 Å². The van der Waals surface area contributed by atoms with Crippen LogP contribution in [0, 0.1) is 12.8 Å². The molecule has 2 heterocycles. The third-order valence-electron chi connectivity index (χ3n) is 4.34. The fraction of sp³-hybridized carbons (Fsp3) is 0.263. The van der Waals surface area contributed by atoms with Crippen molar-refractivity contribution in [1.82, 2.24) is 20.3 Å². The number of aryl methyl sites for hydroxylation is 1. The molecule has 1 saturated carbocycles. The largest absolute Gasteiger partial charge is 0.342 e. The first-order valence-corrected chi connectivity index (χ1v) is 8.16. The molecule has 0 radical (unpaired) electrons. The molecule has 0 saturated heterocycles. The van der Waals surface area contributed by atoms with Gasteiger partial charge in [0.15, 0.2) is 5.82 Å². The lowest BCUT2D eigenvalue weighted by Crippen LogP contribution is -2.31. The standard InChI is InChI=1S/C19H18N4O/c1-12-8-10-21-18(22-12)17(13-4-5-13)23-19(24)15-6-7-16-14(11-15)3-2-9-20-16/h2-3,6-11,13,17H,4-5H2,1H3,(H,23,24). The lowest BCUT2D eigenvalue weighted by molar-refractivity contribution is 0.0929. The number of amides is 1. The number of carbonyl (C=O) groups excluding carboxylic acids is 1. The van der Waals surface area contributed by atoms with Gasteiger partial charge in [0.2, 0.25) is 0 Å². The van der Waals surface area contributed by atoms with Gasteiger partial charge < -0.3 is 5.32 Å². The second-order valence-electron chi connectivity index (χ2n) is 6.26. The van der Waals surface area contributed by atoms with Crippen LogP contribution >= 0.6 is 0 Å². The summed E-state index contributed by atoms with van der Waals surface area (Å²) in [6.07, 6.45) is 5.70. The molecule has 1 aliphatic rings. The van der Waals surface area contributed by atoms with Gasteiger partial charge in [-0.15, -0.1) is 0 Å². The first-order valence-electron chi connectivity index (χ1n) is 8.16. The summed E-state index contributed by atoms with van der Waals surface area (Å²) in [7, 11) is 0. The number of nitrogens with one attached hydrogen (secondary N) is 1. The number of benzene rings is 1. The van der Waals surface area contributed by atoms with Gasteiger partial charge in [0.25, 0.3) is 5.91 Å². The summed E-state index contributed by atoms with van der Waals surface area (Å²) in [5, 5.41) is 4.08. The quantitative estimate of drug-likeness (QED) is 0.802. The summed E-state index contributed by atoms with van der Waals surface area (Å²) >= 11 is 0. The molecule has 1 atom stereocenters. The Bertz CT molecular complexity index is 905. The highest BCUT2D eigenvalue weighted by atomic mass is 16.1. The van der Waals surface area contributed by atoms with E-state index in [1.807, 2.05) is 43.3 Å². The van der Waals surface area contributed by atoms with E-state index in [1.165, 1.54) is 0 Å². The van der Waals surface area contributed by atoms with E-state index in [4.69, 9.17) is 0 Å². The maximum Gasteiger partial charge on any atom is 0.251 e. The number of rotatable bonds is 4. The molecule has 1 unspecified atom stereocenters. The van der Waals surface area contributed by atoms with E-state index >= 15 is 0 Å². The van der Waals surface area contributed by atoms with Crippen LogP contribution in [0.3, 0.4) is 0 Å². The highest BCUT2D eigenvalue weighted by Gasteiger charge is 2.35. The molecule has 24 heavy (non-hydrogen) atoms. The Hall–Kier alpha value is -2.82. The van der Waals surface area contributed by atoms with Gasteiger partial charge in [-0.2, -0.15) is 0 Å². The molecule has 4 rings (SSSR count). The fourth-order valence-corrected chi connectivity index (χ4v) is 2.88. The van der Waals surface area contributed by atoms with Crippen molar-refractivity contribution in [3.8, 4) is 0 Å². The SMILES string of the molecule is Cc1ccnc(C(NC(=O)c2ccc3ncccc3c2)C2CC2)n1. The predicted octanol–water partition coefficient (Wildman–Crippen LogP) is 3.21. The highest BCUT2D eigenvalue weighted by molar-refractivity contribution is 5.98. The van der Waals surface area contributed by atoms with Crippen molar-refractivity contribution in [2.24, 2.45) is 5.92 Å². The van der Waals surface area contributed by atoms with Crippen molar-refractivity contribution in [3.63, 3.8) is 0 Å². The number of hydrogen-bond acceptors (Lipinski definition) is 4. The van der Waals surface area contributed by atoms with Crippen molar-refractivity contribution < 1.29 is 4.79 Å². The summed E-state index contributed by atoms with van der Waals surface area (Å²) < 4.78 is 0. The van der Waals surface area contributed by atoms with E-state index in [1.54, 1.807) is 12.4 Å². The van der Waals surface area contributed by atoms with Crippen LogP contribution in [0.5, 0.6) is 0 Å². The number of carbonyl (C=O) groups is 1. The minimum Gasteiger partial charge on any atom is -0.342 e. The second-order valence-corrected chi connectivity index (χ2v) is 6.26. The Balaban J connectivity index is 1.60. The molecule has 1 aliphatic carbocycles. The number of aromatic nitrogens is 3. The topological polar surface area (TPSA) is 67.8 Å². The number of hydrogen-bond donors (Lipinski definition) is 1. The lowest BCUT2D eigenvalue weighted by Gasteiger charge is -2.17. The summed E-state index contributed by atoms with van der Waals surface area (Å²) in [6, 6.07) is 11.1. The molecule has 1 aromatic carbocycles. The molecule has 3 aromatic rings. The van der Waals surface area contributed by atoms with Crippen LogP contribution in [0.2, 0.25) is 0 Å². The maximum atomic E-state index is 12.7. The van der Waals surface area contributed by atoms with E-state index in [9.17, 15) is 4.79 Å². The van der Waals surface area contributed by atoms with Gasteiger partial charge in [-0.25, -0.2) is 9.97 Å². The smallest absolute Gasteiger partial charge is 0.251 e. The number of nitrogens with zero attached hydrogens (tertiary/aromatic N) is 3. The lowest BCUT2D eigenvalue weighted by atomic mass is 10.1.